The van der Waals surface area contributed by atoms with E-state index in [-0.39, 0.29) is 21.9 Å². The minimum absolute atomic E-state index is 0.177. The topological polar surface area (TPSA) is 84.2 Å². The Morgan fingerprint density at radius 3 is 1.31 bits per heavy atom. The number of carbonyl (C=O) groups is 2. The maximum absolute atomic E-state index is 13.2. The average molecular weight is 560 g/mol. The molecule has 0 aliphatic carbocycles. The molecular weight excluding hydrogens is 515 g/mol. The van der Waals surface area contributed by atoms with Crippen LogP contribution >= 0.6 is 0 Å². The zero-order valence-electron chi connectivity index (χ0n) is 25.2. The van der Waals surface area contributed by atoms with Gasteiger partial charge in [0.2, 0.25) is 0 Å². The highest BCUT2D eigenvalue weighted by Gasteiger charge is 2.37. The first-order valence-corrected chi connectivity index (χ1v) is 19.6. The molecule has 0 spiro atoms. The summed E-state index contributed by atoms with van der Waals surface area (Å²) in [6, 6.07) is 21.0. The van der Waals surface area contributed by atoms with E-state index in [9.17, 15) is 9.59 Å². The Labute approximate surface area is 236 Å². The maximum Gasteiger partial charge on any atom is 0.255 e. The second-order valence-corrected chi connectivity index (χ2v) is 24.3. The number of hydrogen-bond donors (Lipinski definition) is 3. The first-order valence-electron chi connectivity index (χ1n) is 13.6. The van der Waals surface area contributed by atoms with E-state index < -0.39 is 16.1 Å². The Hall–Kier alpha value is -3.17. The SMILES string of the molecule is CC(C)(C)[Si](C)(C)c1cccc(NC(=O)c2cc(N)cc(C(=O)Nc3cccc([Si](C)(C)C(C)(C)C)c3)c2)c1. The van der Waals surface area contributed by atoms with Crippen molar-refractivity contribution in [3.05, 3.63) is 77.9 Å². The van der Waals surface area contributed by atoms with Crippen LogP contribution < -0.4 is 26.7 Å². The minimum Gasteiger partial charge on any atom is -0.399 e. The van der Waals surface area contributed by atoms with Crippen LogP contribution in [0, 0.1) is 0 Å². The molecule has 39 heavy (non-hydrogen) atoms. The molecular formula is C32H45N3O2Si2. The fourth-order valence-corrected chi connectivity index (χ4v) is 7.95. The average Bonchev–Trinajstić information content (AvgIpc) is 2.82. The first kappa shape index (κ1) is 30.4. The highest BCUT2D eigenvalue weighted by molar-refractivity contribution is 6.92. The number of nitrogens with two attached hydrogens (primary N) is 1. The van der Waals surface area contributed by atoms with E-state index in [2.05, 4.69) is 103 Å². The lowest BCUT2D eigenvalue weighted by molar-refractivity contribution is 0.102. The second-order valence-electron chi connectivity index (χ2n) is 13.7. The van der Waals surface area contributed by atoms with Crippen LogP contribution in [0.4, 0.5) is 17.1 Å². The Morgan fingerprint density at radius 2 is 0.974 bits per heavy atom. The van der Waals surface area contributed by atoms with Gasteiger partial charge >= 0.3 is 0 Å². The Balaban J connectivity index is 1.83. The van der Waals surface area contributed by atoms with Crippen LogP contribution in [-0.2, 0) is 0 Å². The fraction of sp³-hybridized carbons (Fsp3) is 0.375. The predicted octanol–water partition coefficient (Wildman–Crippen LogP) is 7.20. The van der Waals surface area contributed by atoms with Gasteiger partial charge in [0.15, 0.2) is 0 Å². The van der Waals surface area contributed by atoms with E-state index in [0.29, 0.717) is 16.8 Å². The Bertz CT molecular complexity index is 1280. The third-order valence-corrected chi connectivity index (χ3v) is 19.9. The van der Waals surface area contributed by atoms with E-state index in [1.165, 1.54) is 10.4 Å². The molecule has 3 rings (SSSR count). The van der Waals surface area contributed by atoms with Crippen molar-refractivity contribution >= 4 is 55.4 Å². The van der Waals surface area contributed by atoms with Crippen molar-refractivity contribution in [2.24, 2.45) is 0 Å². The van der Waals surface area contributed by atoms with Gasteiger partial charge in [0.05, 0.1) is 16.1 Å². The third kappa shape index (κ3) is 6.71. The summed E-state index contributed by atoms with van der Waals surface area (Å²) in [4.78, 5) is 26.4. The second kappa shape index (κ2) is 10.8. The third-order valence-electron chi connectivity index (χ3n) is 8.91. The molecule has 0 fully saturated rings. The lowest BCUT2D eigenvalue weighted by atomic mass is 10.1. The molecule has 0 bridgehead atoms. The van der Waals surface area contributed by atoms with E-state index in [1.54, 1.807) is 18.2 Å². The summed E-state index contributed by atoms with van der Waals surface area (Å²) in [6.45, 7) is 23.0. The van der Waals surface area contributed by atoms with Crippen LogP contribution in [0.5, 0.6) is 0 Å². The molecule has 3 aromatic carbocycles. The highest BCUT2D eigenvalue weighted by Crippen LogP contribution is 2.36. The van der Waals surface area contributed by atoms with Gasteiger partial charge in [-0.1, -0.05) is 102 Å². The molecule has 3 aromatic rings. The van der Waals surface area contributed by atoms with E-state index in [4.69, 9.17) is 5.73 Å². The van der Waals surface area contributed by atoms with Gasteiger partial charge in [0, 0.05) is 28.2 Å². The molecule has 7 heteroatoms. The molecule has 0 saturated heterocycles. The smallest absolute Gasteiger partial charge is 0.255 e. The summed E-state index contributed by atoms with van der Waals surface area (Å²) >= 11 is 0. The zero-order valence-corrected chi connectivity index (χ0v) is 27.2. The largest absolute Gasteiger partial charge is 0.399 e. The van der Waals surface area contributed by atoms with Crippen molar-refractivity contribution in [1.82, 2.24) is 0 Å². The van der Waals surface area contributed by atoms with Crippen LogP contribution in [0.15, 0.2) is 66.7 Å². The number of anilines is 3. The summed E-state index contributed by atoms with van der Waals surface area (Å²) in [5.41, 5.74) is 8.64. The maximum atomic E-state index is 13.2. The van der Waals surface area contributed by atoms with Gasteiger partial charge < -0.3 is 16.4 Å². The number of carbonyl (C=O) groups excluding carboxylic acids is 2. The van der Waals surface area contributed by atoms with E-state index >= 15 is 0 Å². The lowest BCUT2D eigenvalue weighted by Gasteiger charge is -2.37. The molecule has 0 atom stereocenters. The molecule has 0 heterocycles. The van der Waals surface area contributed by atoms with Crippen molar-refractivity contribution in [2.45, 2.75) is 77.8 Å². The van der Waals surface area contributed by atoms with Crippen molar-refractivity contribution < 1.29 is 9.59 Å². The van der Waals surface area contributed by atoms with Crippen molar-refractivity contribution in [3.63, 3.8) is 0 Å². The normalized spacial score (nSPS) is 12.7. The van der Waals surface area contributed by atoms with Gasteiger partial charge in [0.1, 0.15) is 0 Å². The summed E-state index contributed by atoms with van der Waals surface area (Å²) in [7, 11) is -3.52. The molecule has 0 aromatic heterocycles. The van der Waals surface area contributed by atoms with Gasteiger partial charge in [-0.2, -0.15) is 0 Å². The summed E-state index contributed by atoms with van der Waals surface area (Å²) in [5, 5.41) is 8.92. The van der Waals surface area contributed by atoms with E-state index in [0.717, 1.165) is 11.4 Å². The van der Waals surface area contributed by atoms with Crippen molar-refractivity contribution in [2.75, 3.05) is 16.4 Å². The summed E-state index contributed by atoms with van der Waals surface area (Å²) in [6.07, 6.45) is 0. The molecule has 0 radical (unpaired) electrons. The molecule has 0 aliphatic heterocycles. The van der Waals surface area contributed by atoms with Gasteiger partial charge in [-0.15, -0.1) is 0 Å². The van der Waals surface area contributed by atoms with Gasteiger partial charge in [-0.25, -0.2) is 0 Å². The van der Waals surface area contributed by atoms with Gasteiger partial charge in [-0.05, 0) is 52.5 Å². The standard InChI is InChI=1S/C32H45N3O2Si2/c1-31(2,3)38(7,8)27-15-11-13-25(20-27)34-29(36)22-17-23(19-24(33)18-22)30(37)35-26-14-12-16-28(21-26)39(9,10)32(4,5)6/h11-21H,33H2,1-10H3,(H,34,36)(H,35,37). The fourth-order valence-electron chi connectivity index (χ4n) is 4.16. The number of nitrogen functional groups attached to an aromatic ring is 1. The van der Waals surface area contributed by atoms with Gasteiger partial charge in [0.25, 0.3) is 11.8 Å². The van der Waals surface area contributed by atoms with Crippen LogP contribution in [0.25, 0.3) is 0 Å². The zero-order chi connectivity index (χ0) is 29.4. The summed E-state index contributed by atoms with van der Waals surface area (Å²) in [5.74, 6) is -0.604. The monoisotopic (exact) mass is 559 g/mol. The highest BCUT2D eigenvalue weighted by atomic mass is 28.3. The predicted molar refractivity (Wildman–Crippen MR) is 173 cm³/mol. The van der Waals surface area contributed by atoms with E-state index in [1.807, 2.05) is 24.3 Å². The molecule has 2 amide bonds. The van der Waals surface area contributed by atoms with Crippen LogP contribution in [0.1, 0.15) is 62.3 Å². The molecule has 0 unspecified atom stereocenters. The number of amides is 2. The van der Waals surface area contributed by atoms with Crippen molar-refractivity contribution in [1.29, 1.82) is 0 Å². The molecule has 208 valence electrons. The van der Waals surface area contributed by atoms with Crippen LogP contribution in [-0.4, -0.2) is 28.0 Å². The lowest BCUT2D eigenvalue weighted by Crippen LogP contribution is -2.49. The number of nitrogens with one attached hydrogen (secondary N) is 2. The quantitative estimate of drug-likeness (QED) is 0.220. The van der Waals surface area contributed by atoms with Crippen LogP contribution in [0.2, 0.25) is 36.3 Å². The number of rotatable bonds is 6. The molecule has 5 nitrogen and oxygen atoms in total. The molecule has 0 aliphatic rings. The first-order chi connectivity index (χ1) is 17.8. The van der Waals surface area contributed by atoms with Gasteiger partial charge in [-0.3, -0.25) is 9.59 Å². The molecule has 0 saturated carbocycles. The number of hydrogen-bond acceptors (Lipinski definition) is 3. The summed E-state index contributed by atoms with van der Waals surface area (Å²) < 4.78 is 0. The Morgan fingerprint density at radius 1 is 0.615 bits per heavy atom. The van der Waals surface area contributed by atoms with Crippen LogP contribution in [0.3, 0.4) is 0 Å². The van der Waals surface area contributed by atoms with Crippen molar-refractivity contribution in [3.8, 4) is 0 Å². The number of benzene rings is 3. The molecule has 4 N–H and O–H groups in total. The minimum atomic E-state index is -1.76. The Kier molecular flexibility index (Phi) is 8.39.